The van der Waals surface area contributed by atoms with Crippen LogP contribution in [-0.2, 0) is 9.59 Å². The summed E-state index contributed by atoms with van der Waals surface area (Å²) in [6.07, 6.45) is 2.25. The summed E-state index contributed by atoms with van der Waals surface area (Å²) >= 11 is 0. The monoisotopic (exact) mass is 345 g/mol. The molecule has 1 aliphatic rings. The molecule has 0 unspecified atom stereocenters. The molecule has 0 bridgehead atoms. The van der Waals surface area contributed by atoms with Gasteiger partial charge in [-0.15, -0.1) is 0 Å². The summed E-state index contributed by atoms with van der Waals surface area (Å²) in [7, 11) is 0. The smallest absolute Gasteiger partial charge is 0.251 e. The maximum atomic E-state index is 12.4. The van der Waals surface area contributed by atoms with Crippen molar-refractivity contribution in [3.05, 3.63) is 29.8 Å². The van der Waals surface area contributed by atoms with Crippen molar-refractivity contribution >= 4 is 23.4 Å². The van der Waals surface area contributed by atoms with Crippen LogP contribution in [0.3, 0.4) is 0 Å². The molecule has 1 heterocycles. The largest absolute Gasteiger partial charge is 0.350 e. The van der Waals surface area contributed by atoms with E-state index in [1.807, 2.05) is 13.8 Å². The number of unbranched alkanes of at least 4 members (excludes halogenated alkanes) is 1. The van der Waals surface area contributed by atoms with Crippen molar-refractivity contribution in [1.29, 1.82) is 0 Å². The minimum atomic E-state index is -0.312. The molecule has 1 aromatic carbocycles. The molecule has 1 fully saturated rings. The third-order valence-corrected chi connectivity index (χ3v) is 4.20. The van der Waals surface area contributed by atoms with Gasteiger partial charge < -0.3 is 15.5 Å². The maximum absolute atomic E-state index is 12.4. The number of likely N-dealkylation sites (tertiary alicyclic amines) is 1. The molecule has 0 aliphatic carbocycles. The zero-order valence-corrected chi connectivity index (χ0v) is 15.2. The van der Waals surface area contributed by atoms with Crippen LogP contribution in [-0.4, -0.2) is 41.8 Å². The molecule has 0 aromatic heterocycles. The van der Waals surface area contributed by atoms with Gasteiger partial charge in [-0.3, -0.25) is 14.4 Å². The van der Waals surface area contributed by atoms with E-state index >= 15 is 0 Å². The summed E-state index contributed by atoms with van der Waals surface area (Å²) in [6.45, 7) is 7.09. The molecule has 1 aromatic rings. The van der Waals surface area contributed by atoms with E-state index in [2.05, 4.69) is 17.6 Å². The second-order valence-electron chi connectivity index (χ2n) is 6.79. The molecule has 1 saturated heterocycles. The van der Waals surface area contributed by atoms with Crippen molar-refractivity contribution < 1.29 is 14.4 Å². The Balaban J connectivity index is 1.90. The summed E-state index contributed by atoms with van der Waals surface area (Å²) in [6, 6.07) is 6.85. The number of hydrogen-bond donors (Lipinski definition) is 2. The van der Waals surface area contributed by atoms with Crippen LogP contribution in [0.25, 0.3) is 0 Å². The van der Waals surface area contributed by atoms with Crippen LogP contribution in [0.4, 0.5) is 5.69 Å². The molecule has 1 atom stereocenters. The maximum Gasteiger partial charge on any atom is 0.251 e. The number of anilines is 1. The van der Waals surface area contributed by atoms with Gasteiger partial charge in [0.15, 0.2) is 0 Å². The fraction of sp³-hybridized carbons (Fsp3) is 0.526. The molecule has 136 valence electrons. The number of nitrogens with one attached hydrogen (secondary N) is 2. The van der Waals surface area contributed by atoms with E-state index in [4.69, 9.17) is 0 Å². The lowest BCUT2D eigenvalue weighted by molar-refractivity contribution is -0.128. The number of amides is 3. The van der Waals surface area contributed by atoms with Crippen molar-refractivity contribution in [3.63, 3.8) is 0 Å². The zero-order chi connectivity index (χ0) is 18.4. The molecule has 1 aliphatic heterocycles. The number of carbonyl (C=O) groups is 3. The Morgan fingerprint density at radius 2 is 1.92 bits per heavy atom. The highest BCUT2D eigenvalue weighted by molar-refractivity contribution is 5.98. The van der Waals surface area contributed by atoms with Crippen molar-refractivity contribution in [2.24, 2.45) is 5.92 Å². The molecule has 0 saturated carbocycles. The molecule has 0 spiro atoms. The van der Waals surface area contributed by atoms with Crippen LogP contribution in [0.5, 0.6) is 0 Å². The molecule has 0 radical (unpaired) electrons. The van der Waals surface area contributed by atoms with Crippen molar-refractivity contribution in [1.82, 2.24) is 10.2 Å². The first kappa shape index (κ1) is 19.0. The third kappa shape index (κ3) is 5.31. The van der Waals surface area contributed by atoms with Gasteiger partial charge in [-0.1, -0.05) is 13.3 Å². The molecule has 6 heteroatoms. The second-order valence-corrected chi connectivity index (χ2v) is 6.79. The Labute approximate surface area is 149 Å². The van der Waals surface area contributed by atoms with Crippen LogP contribution in [0.2, 0.25) is 0 Å². The van der Waals surface area contributed by atoms with E-state index in [1.54, 1.807) is 29.2 Å². The van der Waals surface area contributed by atoms with Crippen LogP contribution >= 0.6 is 0 Å². The zero-order valence-electron chi connectivity index (χ0n) is 15.2. The van der Waals surface area contributed by atoms with Gasteiger partial charge in [0.2, 0.25) is 11.8 Å². The van der Waals surface area contributed by atoms with Gasteiger partial charge in [0.25, 0.3) is 5.91 Å². The van der Waals surface area contributed by atoms with Crippen LogP contribution in [0, 0.1) is 5.92 Å². The second kappa shape index (κ2) is 8.65. The Hall–Kier alpha value is -2.37. The highest BCUT2D eigenvalue weighted by atomic mass is 16.2. The van der Waals surface area contributed by atoms with Crippen LogP contribution < -0.4 is 10.6 Å². The van der Waals surface area contributed by atoms with Gasteiger partial charge in [-0.2, -0.15) is 0 Å². The Morgan fingerprint density at radius 3 is 2.52 bits per heavy atom. The predicted molar refractivity (Wildman–Crippen MR) is 97.3 cm³/mol. The molecule has 6 nitrogen and oxygen atoms in total. The summed E-state index contributed by atoms with van der Waals surface area (Å²) < 4.78 is 0. The predicted octanol–water partition coefficient (Wildman–Crippen LogP) is 2.41. The first-order valence-corrected chi connectivity index (χ1v) is 8.90. The summed E-state index contributed by atoms with van der Waals surface area (Å²) in [5.41, 5.74) is 1.18. The number of carbonyl (C=O) groups excluding carboxylic acids is 3. The fourth-order valence-corrected chi connectivity index (χ4v) is 2.81. The quantitative estimate of drug-likeness (QED) is 0.796. The molecule has 25 heavy (non-hydrogen) atoms. The average molecular weight is 345 g/mol. The lowest BCUT2D eigenvalue weighted by Gasteiger charge is -2.16. The summed E-state index contributed by atoms with van der Waals surface area (Å²) in [4.78, 5) is 38.0. The Bertz CT molecular complexity index is 625. The molecule has 2 N–H and O–H groups in total. The summed E-state index contributed by atoms with van der Waals surface area (Å²) in [5.74, 6) is -0.546. The van der Waals surface area contributed by atoms with E-state index in [0.717, 1.165) is 19.4 Å². The van der Waals surface area contributed by atoms with E-state index in [0.29, 0.717) is 17.8 Å². The van der Waals surface area contributed by atoms with Crippen LogP contribution in [0.15, 0.2) is 24.3 Å². The standard InChI is InChI=1S/C19H27N3O3/c1-4-5-10-22-12-15(11-17(22)23)19(25)21-16-8-6-14(7-9-16)18(24)20-13(2)3/h6-9,13,15H,4-5,10-12H2,1-3H3,(H,20,24)(H,21,25)/t15-/m0/s1. The molecular formula is C19H27N3O3. The third-order valence-electron chi connectivity index (χ3n) is 4.20. The minimum absolute atomic E-state index is 0.0503. The van der Waals surface area contributed by atoms with Gasteiger partial charge in [-0.05, 0) is 44.5 Å². The van der Waals surface area contributed by atoms with Gasteiger partial charge in [-0.25, -0.2) is 0 Å². The van der Waals surface area contributed by atoms with Gasteiger partial charge in [0, 0.05) is 36.8 Å². The number of hydrogen-bond acceptors (Lipinski definition) is 3. The minimum Gasteiger partial charge on any atom is -0.350 e. The van der Waals surface area contributed by atoms with Crippen molar-refractivity contribution in [3.8, 4) is 0 Å². The number of benzene rings is 1. The SMILES string of the molecule is CCCCN1C[C@@H](C(=O)Nc2ccc(C(=O)NC(C)C)cc2)CC1=O. The normalized spacial score (nSPS) is 17.0. The topological polar surface area (TPSA) is 78.5 Å². The number of nitrogens with zero attached hydrogens (tertiary/aromatic N) is 1. The summed E-state index contributed by atoms with van der Waals surface area (Å²) in [5, 5.41) is 5.66. The van der Waals surface area contributed by atoms with Gasteiger partial charge in [0.05, 0.1) is 5.92 Å². The van der Waals surface area contributed by atoms with Gasteiger partial charge >= 0.3 is 0 Å². The number of rotatable bonds is 7. The van der Waals surface area contributed by atoms with E-state index < -0.39 is 0 Å². The van der Waals surface area contributed by atoms with Gasteiger partial charge in [0.1, 0.15) is 0 Å². The van der Waals surface area contributed by atoms with Crippen LogP contribution in [0.1, 0.15) is 50.4 Å². The van der Waals surface area contributed by atoms with E-state index in [-0.39, 0.29) is 36.1 Å². The highest BCUT2D eigenvalue weighted by Crippen LogP contribution is 2.20. The molecular weight excluding hydrogens is 318 g/mol. The Morgan fingerprint density at radius 1 is 1.24 bits per heavy atom. The average Bonchev–Trinajstić information content (AvgIpc) is 2.94. The molecule has 3 amide bonds. The lowest BCUT2D eigenvalue weighted by Crippen LogP contribution is -2.30. The van der Waals surface area contributed by atoms with E-state index in [9.17, 15) is 14.4 Å². The van der Waals surface area contributed by atoms with E-state index in [1.165, 1.54) is 0 Å². The first-order chi connectivity index (χ1) is 11.9. The lowest BCUT2D eigenvalue weighted by atomic mass is 10.1. The fourth-order valence-electron chi connectivity index (χ4n) is 2.81. The first-order valence-electron chi connectivity index (χ1n) is 8.90. The Kier molecular flexibility index (Phi) is 6.56. The van der Waals surface area contributed by atoms with Crippen molar-refractivity contribution in [2.45, 2.75) is 46.1 Å². The molecule has 2 rings (SSSR count). The van der Waals surface area contributed by atoms with Crippen molar-refractivity contribution in [2.75, 3.05) is 18.4 Å². The highest BCUT2D eigenvalue weighted by Gasteiger charge is 2.33.